The molecule has 0 bridgehead atoms. The summed E-state index contributed by atoms with van der Waals surface area (Å²) >= 11 is 6.09. The van der Waals surface area contributed by atoms with Crippen LogP contribution in [0.15, 0.2) is 35.6 Å². The van der Waals surface area contributed by atoms with E-state index in [-0.39, 0.29) is 17.5 Å². The summed E-state index contributed by atoms with van der Waals surface area (Å²) in [6.45, 7) is 3.31. The summed E-state index contributed by atoms with van der Waals surface area (Å²) in [7, 11) is -2.15. The summed E-state index contributed by atoms with van der Waals surface area (Å²) in [6, 6.07) is 6.68. The van der Waals surface area contributed by atoms with Crippen LogP contribution in [0.25, 0.3) is 0 Å². The zero-order valence-electron chi connectivity index (χ0n) is 14.2. The number of para-hydroxylation sites is 1. The first-order chi connectivity index (χ1) is 11.6. The summed E-state index contributed by atoms with van der Waals surface area (Å²) in [5.41, 5.74) is -0.722. The third kappa shape index (κ3) is 4.08. The van der Waals surface area contributed by atoms with Crippen LogP contribution >= 0.6 is 11.6 Å². The molecular weight excluding hydrogens is 366 g/mol. The van der Waals surface area contributed by atoms with Gasteiger partial charge in [-0.25, -0.2) is 13.4 Å². The van der Waals surface area contributed by atoms with Crippen LogP contribution in [0.2, 0.25) is 5.02 Å². The van der Waals surface area contributed by atoms with Gasteiger partial charge in [0.1, 0.15) is 5.75 Å². The van der Waals surface area contributed by atoms with Crippen molar-refractivity contribution in [2.24, 2.45) is 0 Å². The van der Waals surface area contributed by atoms with Crippen LogP contribution in [0.1, 0.15) is 19.4 Å². The Morgan fingerprint density at radius 3 is 2.48 bits per heavy atom. The van der Waals surface area contributed by atoms with Crippen LogP contribution in [0.3, 0.4) is 0 Å². The van der Waals surface area contributed by atoms with E-state index in [2.05, 4.69) is 15.3 Å². The van der Waals surface area contributed by atoms with Gasteiger partial charge >= 0.3 is 0 Å². The molecule has 0 unspecified atom stereocenters. The van der Waals surface area contributed by atoms with Gasteiger partial charge < -0.3 is 10.1 Å². The Hall–Kier alpha value is -2.19. The Morgan fingerprint density at radius 1 is 1.28 bits per heavy atom. The predicted molar refractivity (Wildman–Crippen MR) is 93.8 cm³/mol. The van der Waals surface area contributed by atoms with Gasteiger partial charge in [-0.1, -0.05) is 23.7 Å². The van der Waals surface area contributed by atoms with E-state index in [0.717, 1.165) is 6.26 Å². The molecule has 134 valence electrons. The molecule has 2 rings (SSSR count). The Bertz CT molecular complexity index is 913. The lowest BCUT2D eigenvalue weighted by molar-refractivity contribution is -0.125. The molecule has 0 radical (unpaired) electrons. The van der Waals surface area contributed by atoms with Crippen molar-refractivity contribution in [2.75, 3.05) is 13.3 Å². The number of hydrogen-bond acceptors (Lipinski definition) is 6. The quantitative estimate of drug-likeness (QED) is 0.796. The number of nitrogens with zero attached hydrogens (tertiary/aromatic N) is 2. The normalized spacial score (nSPS) is 11.9. The summed E-state index contributed by atoms with van der Waals surface area (Å²) < 4.78 is 29.3. The number of aromatic nitrogens is 2. The van der Waals surface area contributed by atoms with Crippen molar-refractivity contribution >= 4 is 27.3 Å². The van der Waals surface area contributed by atoms with E-state index in [9.17, 15) is 13.2 Å². The molecule has 0 aliphatic carbocycles. The molecule has 25 heavy (non-hydrogen) atoms. The summed E-state index contributed by atoms with van der Waals surface area (Å²) in [4.78, 5) is 20.1. The Labute approximate surface area is 151 Å². The molecule has 7 nitrogen and oxygen atoms in total. The number of amides is 1. The fraction of sp³-hybridized carbons (Fsp3) is 0.312. The second kappa shape index (κ2) is 6.97. The molecular formula is C16H18ClN3O4S. The van der Waals surface area contributed by atoms with Crippen molar-refractivity contribution in [1.82, 2.24) is 15.3 Å². The van der Waals surface area contributed by atoms with Crippen LogP contribution in [-0.4, -0.2) is 37.6 Å². The van der Waals surface area contributed by atoms with E-state index >= 15 is 0 Å². The number of carbonyl (C=O) groups is 1. The first kappa shape index (κ1) is 19.1. The maximum Gasteiger partial charge on any atom is 0.250 e. The highest BCUT2D eigenvalue weighted by Crippen LogP contribution is 2.35. The van der Waals surface area contributed by atoms with Crippen molar-refractivity contribution in [3.05, 3.63) is 41.0 Å². The third-order valence-corrected chi connectivity index (χ3v) is 4.75. The van der Waals surface area contributed by atoms with Gasteiger partial charge in [-0.15, -0.1) is 0 Å². The second-order valence-electron chi connectivity index (χ2n) is 5.88. The predicted octanol–water partition coefficient (Wildman–Crippen LogP) is 2.35. The van der Waals surface area contributed by atoms with Crippen LogP contribution < -0.4 is 10.1 Å². The van der Waals surface area contributed by atoms with Gasteiger partial charge in [-0.2, -0.15) is 4.98 Å². The third-order valence-electron chi connectivity index (χ3n) is 3.57. The molecule has 0 spiro atoms. The molecule has 1 aromatic heterocycles. The second-order valence-corrected chi connectivity index (χ2v) is 8.20. The van der Waals surface area contributed by atoms with Gasteiger partial charge in [-0.05, 0) is 26.0 Å². The van der Waals surface area contributed by atoms with Crippen LogP contribution in [0.4, 0.5) is 0 Å². The minimum atomic E-state index is -3.65. The highest BCUT2D eigenvalue weighted by molar-refractivity contribution is 7.90. The monoisotopic (exact) mass is 383 g/mol. The van der Waals surface area contributed by atoms with Crippen molar-refractivity contribution in [1.29, 1.82) is 0 Å². The number of carbonyl (C=O) groups excluding carboxylic acids is 1. The molecule has 2 aromatic rings. The average Bonchev–Trinajstić information content (AvgIpc) is 2.55. The van der Waals surface area contributed by atoms with Crippen LogP contribution in [0, 0.1) is 0 Å². The van der Waals surface area contributed by atoms with Gasteiger partial charge in [0.2, 0.25) is 26.8 Å². The molecule has 0 atom stereocenters. The van der Waals surface area contributed by atoms with Crippen molar-refractivity contribution in [2.45, 2.75) is 24.4 Å². The summed E-state index contributed by atoms with van der Waals surface area (Å²) in [5, 5.41) is 2.48. The number of ether oxygens (including phenoxy) is 1. The molecule has 0 saturated carbocycles. The number of rotatable bonds is 5. The maximum absolute atomic E-state index is 12.2. The van der Waals surface area contributed by atoms with E-state index < -0.39 is 20.4 Å². The fourth-order valence-corrected chi connectivity index (χ4v) is 2.77. The first-order valence-electron chi connectivity index (χ1n) is 7.29. The van der Waals surface area contributed by atoms with Gasteiger partial charge in [0, 0.05) is 25.1 Å². The molecule has 1 aromatic carbocycles. The topological polar surface area (TPSA) is 98.2 Å². The van der Waals surface area contributed by atoms with Gasteiger partial charge in [0.25, 0.3) is 0 Å². The molecule has 0 aliphatic heterocycles. The van der Waals surface area contributed by atoms with Gasteiger partial charge in [0.15, 0.2) is 0 Å². The average molecular weight is 384 g/mol. The zero-order chi connectivity index (χ0) is 18.8. The molecule has 0 aliphatic rings. The van der Waals surface area contributed by atoms with Crippen molar-refractivity contribution in [3.8, 4) is 11.6 Å². The van der Waals surface area contributed by atoms with Crippen molar-refractivity contribution < 1.29 is 17.9 Å². The highest BCUT2D eigenvalue weighted by atomic mass is 35.5. The molecule has 1 heterocycles. The first-order valence-corrected chi connectivity index (χ1v) is 9.56. The van der Waals surface area contributed by atoms with Gasteiger partial charge in [-0.3, -0.25) is 4.79 Å². The van der Waals surface area contributed by atoms with E-state index in [0.29, 0.717) is 10.6 Å². The minimum Gasteiger partial charge on any atom is -0.437 e. The standard InChI is InChI=1S/C16H18ClN3O4S/c1-16(2,14(21)18-3)10-9-19-15(25(4,22)23)20-13(10)24-12-8-6-5-7-11(12)17/h5-9H,1-4H3,(H,18,21). The SMILES string of the molecule is CNC(=O)C(C)(C)c1cnc(S(C)(=O)=O)nc1Oc1ccccc1Cl. The highest BCUT2D eigenvalue weighted by Gasteiger charge is 2.34. The van der Waals surface area contributed by atoms with E-state index in [1.54, 1.807) is 38.1 Å². The lowest BCUT2D eigenvalue weighted by Crippen LogP contribution is -2.38. The number of benzene rings is 1. The largest absolute Gasteiger partial charge is 0.437 e. The molecule has 0 saturated heterocycles. The van der Waals surface area contributed by atoms with E-state index in [1.807, 2.05) is 0 Å². The molecule has 1 amide bonds. The number of nitrogens with one attached hydrogen (secondary N) is 1. The fourth-order valence-electron chi connectivity index (χ4n) is 2.10. The lowest BCUT2D eigenvalue weighted by atomic mass is 9.85. The molecule has 1 N–H and O–H groups in total. The number of hydrogen-bond donors (Lipinski definition) is 1. The zero-order valence-corrected chi connectivity index (χ0v) is 15.8. The van der Waals surface area contributed by atoms with Crippen molar-refractivity contribution in [3.63, 3.8) is 0 Å². The Kier molecular flexibility index (Phi) is 5.34. The van der Waals surface area contributed by atoms with E-state index in [1.165, 1.54) is 13.2 Å². The van der Waals surface area contributed by atoms with Crippen LogP contribution in [-0.2, 0) is 20.0 Å². The number of sulfone groups is 1. The molecule has 0 fully saturated rings. The molecule has 9 heteroatoms. The van der Waals surface area contributed by atoms with Gasteiger partial charge in [0.05, 0.1) is 10.4 Å². The van der Waals surface area contributed by atoms with E-state index in [4.69, 9.17) is 16.3 Å². The minimum absolute atomic E-state index is 0.0443. The number of likely N-dealkylation sites (N-methyl/N-ethyl adjacent to an activating group) is 1. The maximum atomic E-state index is 12.2. The summed E-state index contributed by atoms with van der Waals surface area (Å²) in [6.07, 6.45) is 2.27. The van der Waals surface area contributed by atoms with Crippen LogP contribution in [0.5, 0.6) is 11.6 Å². The smallest absolute Gasteiger partial charge is 0.250 e. The summed E-state index contributed by atoms with van der Waals surface area (Å²) in [5.74, 6) is -0.0550. The Morgan fingerprint density at radius 2 is 1.92 bits per heavy atom. The lowest BCUT2D eigenvalue weighted by Gasteiger charge is -2.24. The number of halogens is 1. The Balaban J connectivity index is 2.64.